The first-order valence-electron chi connectivity index (χ1n) is 7.88. The number of hydrazine groups is 1. The highest BCUT2D eigenvalue weighted by Crippen LogP contribution is 2.12. The van der Waals surface area contributed by atoms with Crippen LogP contribution >= 0.6 is 24.0 Å². The Kier molecular flexibility index (Phi) is 7.91. The van der Waals surface area contributed by atoms with Crippen molar-refractivity contribution in [3.8, 4) is 0 Å². The van der Waals surface area contributed by atoms with Crippen molar-refractivity contribution >= 4 is 52.3 Å². The molecule has 4 N–H and O–H groups in total. The molecule has 0 aliphatic heterocycles. The topological polar surface area (TPSA) is 82.3 Å². The molecule has 136 valence electrons. The second-order valence-electron chi connectivity index (χ2n) is 5.35. The van der Waals surface area contributed by atoms with E-state index < -0.39 is 0 Å². The first kappa shape index (κ1) is 19.7. The largest absolute Gasteiger partial charge is 0.331 e. The molecule has 6 nitrogen and oxygen atoms in total. The zero-order chi connectivity index (χ0) is 18.8. The number of para-hydroxylation sites is 2. The normalized spacial score (nSPS) is 9.88. The molecule has 0 saturated carbocycles. The molecule has 2 aromatic rings. The quantitative estimate of drug-likeness (QED) is 0.450. The van der Waals surface area contributed by atoms with Crippen LogP contribution in [0.5, 0.6) is 0 Å². The molecule has 2 amide bonds. The van der Waals surface area contributed by atoms with Crippen LogP contribution in [-0.2, 0) is 9.59 Å². The van der Waals surface area contributed by atoms with Gasteiger partial charge in [0, 0.05) is 11.4 Å². The van der Waals surface area contributed by atoms with Gasteiger partial charge in [0.25, 0.3) is 0 Å². The standard InChI is InChI=1S/C18H20N4O2S2/c1-13-7-5-6-10-15(13)20-18(25)22-21-17(24)12-26-11-16(23)19-14-8-3-2-4-9-14/h2-10H,11-12H2,1H3,(H,19,23)(H,21,24)(H2,20,22,25). The van der Waals surface area contributed by atoms with Crippen LogP contribution in [0.15, 0.2) is 54.6 Å². The van der Waals surface area contributed by atoms with E-state index in [1.54, 1.807) is 0 Å². The van der Waals surface area contributed by atoms with E-state index in [2.05, 4.69) is 21.5 Å². The monoisotopic (exact) mass is 388 g/mol. The van der Waals surface area contributed by atoms with Crippen molar-refractivity contribution in [3.05, 3.63) is 60.2 Å². The van der Waals surface area contributed by atoms with E-state index >= 15 is 0 Å². The molecule has 0 fully saturated rings. The number of carbonyl (C=O) groups is 2. The smallest absolute Gasteiger partial charge is 0.248 e. The lowest BCUT2D eigenvalue weighted by Crippen LogP contribution is -2.44. The van der Waals surface area contributed by atoms with Gasteiger partial charge in [-0.15, -0.1) is 11.8 Å². The van der Waals surface area contributed by atoms with Crippen LogP contribution in [0.2, 0.25) is 0 Å². The molecule has 0 unspecified atom stereocenters. The van der Waals surface area contributed by atoms with Gasteiger partial charge in [-0.2, -0.15) is 0 Å². The molecular formula is C18H20N4O2S2. The van der Waals surface area contributed by atoms with Crippen molar-refractivity contribution in [2.45, 2.75) is 6.92 Å². The van der Waals surface area contributed by atoms with Crippen LogP contribution in [0.25, 0.3) is 0 Å². The highest BCUT2D eigenvalue weighted by molar-refractivity contribution is 8.00. The van der Waals surface area contributed by atoms with Gasteiger partial charge in [-0.3, -0.25) is 20.4 Å². The van der Waals surface area contributed by atoms with E-state index in [1.807, 2.05) is 61.5 Å². The molecule has 2 aromatic carbocycles. The van der Waals surface area contributed by atoms with Crippen LogP contribution in [0.4, 0.5) is 11.4 Å². The van der Waals surface area contributed by atoms with Gasteiger partial charge in [0.1, 0.15) is 0 Å². The van der Waals surface area contributed by atoms with E-state index in [-0.39, 0.29) is 23.3 Å². The minimum Gasteiger partial charge on any atom is -0.331 e. The van der Waals surface area contributed by atoms with E-state index in [0.717, 1.165) is 16.9 Å². The second kappa shape index (κ2) is 10.4. The SMILES string of the molecule is Cc1ccccc1NC(=S)NNC(=O)CSCC(=O)Nc1ccccc1. The average Bonchev–Trinajstić information content (AvgIpc) is 2.63. The van der Waals surface area contributed by atoms with Gasteiger partial charge in [0.05, 0.1) is 11.5 Å². The lowest BCUT2D eigenvalue weighted by molar-refractivity contribution is -0.119. The number of anilines is 2. The maximum absolute atomic E-state index is 11.8. The number of nitrogens with one attached hydrogen (secondary N) is 4. The summed E-state index contributed by atoms with van der Waals surface area (Å²) in [4.78, 5) is 23.6. The molecule has 0 spiro atoms. The van der Waals surface area contributed by atoms with Crippen LogP contribution < -0.4 is 21.5 Å². The fourth-order valence-corrected chi connectivity index (χ4v) is 2.76. The number of rotatable bonds is 6. The molecule has 0 aliphatic carbocycles. The molecule has 0 saturated heterocycles. The predicted molar refractivity (Wildman–Crippen MR) is 111 cm³/mol. The predicted octanol–water partition coefficient (Wildman–Crippen LogP) is 2.68. The Hall–Kier alpha value is -2.58. The molecule has 8 heteroatoms. The number of amides is 2. The molecule has 0 aromatic heterocycles. The van der Waals surface area contributed by atoms with Gasteiger partial charge >= 0.3 is 0 Å². The molecule has 0 heterocycles. The molecule has 26 heavy (non-hydrogen) atoms. The lowest BCUT2D eigenvalue weighted by atomic mass is 10.2. The van der Waals surface area contributed by atoms with E-state index in [9.17, 15) is 9.59 Å². The third kappa shape index (κ3) is 7.12. The highest BCUT2D eigenvalue weighted by Gasteiger charge is 2.07. The third-order valence-corrected chi connectivity index (χ3v) is 4.37. The number of aryl methyl sites for hydroxylation is 1. The van der Waals surface area contributed by atoms with Crippen LogP contribution in [0, 0.1) is 6.92 Å². The average molecular weight is 389 g/mol. The van der Waals surface area contributed by atoms with Crippen molar-refractivity contribution in [2.24, 2.45) is 0 Å². The Morgan fingerprint density at radius 1 is 0.885 bits per heavy atom. The summed E-state index contributed by atoms with van der Waals surface area (Å²) < 4.78 is 0. The van der Waals surface area contributed by atoms with Crippen molar-refractivity contribution in [1.29, 1.82) is 0 Å². The molecule has 0 bridgehead atoms. The van der Waals surface area contributed by atoms with Crippen molar-refractivity contribution in [3.63, 3.8) is 0 Å². The van der Waals surface area contributed by atoms with Gasteiger partial charge in [0.2, 0.25) is 11.8 Å². The summed E-state index contributed by atoms with van der Waals surface area (Å²) in [5, 5.41) is 6.05. The Morgan fingerprint density at radius 2 is 1.54 bits per heavy atom. The molecular weight excluding hydrogens is 368 g/mol. The number of thiocarbonyl (C=S) groups is 1. The summed E-state index contributed by atoms with van der Waals surface area (Å²) in [6.45, 7) is 1.96. The summed E-state index contributed by atoms with van der Waals surface area (Å²) in [5.41, 5.74) is 7.79. The molecule has 0 aliphatic rings. The van der Waals surface area contributed by atoms with E-state index in [4.69, 9.17) is 12.2 Å². The Morgan fingerprint density at radius 3 is 2.27 bits per heavy atom. The first-order valence-corrected chi connectivity index (χ1v) is 9.45. The maximum Gasteiger partial charge on any atom is 0.248 e. The van der Waals surface area contributed by atoms with E-state index in [0.29, 0.717) is 5.11 Å². The number of benzene rings is 2. The lowest BCUT2D eigenvalue weighted by Gasteiger charge is -2.13. The summed E-state index contributed by atoms with van der Waals surface area (Å²) in [6, 6.07) is 16.9. The third-order valence-electron chi connectivity index (χ3n) is 3.23. The second-order valence-corrected chi connectivity index (χ2v) is 6.74. The van der Waals surface area contributed by atoms with Crippen LogP contribution in [0.1, 0.15) is 5.56 Å². The Bertz CT molecular complexity index is 769. The van der Waals surface area contributed by atoms with Gasteiger partial charge in [-0.05, 0) is 42.9 Å². The van der Waals surface area contributed by atoms with Gasteiger partial charge in [-0.1, -0.05) is 36.4 Å². The molecule has 0 atom stereocenters. The Balaban J connectivity index is 1.62. The zero-order valence-electron chi connectivity index (χ0n) is 14.2. The number of thioether (sulfide) groups is 1. The minimum absolute atomic E-state index is 0.141. The summed E-state index contributed by atoms with van der Waals surface area (Å²) in [7, 11) is 0. The van der Waals surface area contributed by atoms with Crippen LogP contribution in [0.3, 0.4) is 0 Å². The number of hydrogen-bond donors (Lipinski definition) is 4. The van der Waals surface area contributed by atoms with E-state index in [1.165, 1.54) is 11.8 Å². The summed E-state index contributed by atoms with van der Waals surface area (Å²) in [5.74, 6) is -0.0914. The Labute approximate surface area is 162 Å². The van der Waals surface area contributed by atoms with Gasteiger partial charge < -0.3 is 10.6 Å². The van der Waals surface area contributed by atoms with Crippen molar-refractivity contribution in [2.75, 3.05) is 22.1 Å². The maximum atomic E-state index is 11.8. The number of carbonyl (C=O) groups excluding carboxylic acids is 2. The minimum atomic E-state index is -0.267. The van der Waals surface area contributed by atoms with Crippen LogP contribution in [-0.4, -0.2) is 28.4 Å². The summed E-state index contributed by atoms with van der Waals surface area (Å²) >= 11 is 6.35. The fraction of sp³-hybridized carbons (Fsp3) is 0.167. The van der Waals surface area contributed by atoms with Gasteiger partial charge in [-0.25, -0.2) is 0 Å². The first-order chi connectivity index (χ1) is 12.5. The van der Waals surface area contributed by atoms with Gasteiger partial charge in [0.15, 0.2) is 5.11 Å². The molecule has 2 rings (SSSR count). The highest BCUT2D eigenvalue weighted by atomic mass is 32.2. The van der Waals surface area contributed by atoms with Crippen molar-refractivity contribution in [1.82, 2.24) is 10.9 Å². The molecule has 0 radical (unpaired) electrons. The zero-order valence-corrected chi connectivity index (χ0v) is 15.9. The number of hydrogen-bond acceptors (Lipinski definition) is 4. The van der Waals surface area contributed by atoms with Crippen molar-refractivity contribution < 1.29 is 9.59 Å². The fourth-order valence-electron chi connectivity index (χ4n) is 1.98. The summed E-state index contributed by atoms with van der Waals surface area (Å²) in [6.07, 6.45) is 0.